The van der Waals surface area contributed by atoms with Crippen molar-refractivity contribution in [3.8, 4) is 0 Å². The minimum atomic E-state index is -0.214. The van der Waals surface area contributed by atoms with E-state index in [2.05, 4.69) is 4.98 Å². The smallest absolute Gasteiger partial charge is 0.123 e. The maximum Gasteiger partial charge on any atom is 0.123 e. The number of aromatic nitrogens is 1. The van der Waals surface area contributed by atoms with Gasteiger partial charge in [-0.25, -0.2) is 4.39 Å². The molecule has 0 saturated heterocycles. The molecule has 100 valence electrons. The van der Waals surface area contributed by atoms with E-state index in [1.807, 2.05) is 24.3 Å². The molecule has 0 saturated carbocycles. The normalized spacial score (nSPS) is 10.8. The first-order valence-electron chi connectivity index (χ1n) is 6.24. The second-order valence-corrected chi connectivity index (χ2v) is 5.50. The van der Waals surface area contributed by atoms with Crippen LogP contribution in [0.2, 0.25) is 0 Å². The van der Waals surface area contributed by atoms with Crippen LogP contribution < -0.4 is 5.73 Å². The number of hydrogen-bond donors (Lipinski definition) is 1. The van der Waals surface area contributed by atoms with Crippen LogP contribution in [0.15, 0.2) is 59.6 Å². The molecule has 20 heavy (non-hydrogen) atoms. The molecule has 2 nitrogen and oxygen atoms in total. The lowest BCUT2D eigenvalue weighted by Crippen LogP contribution is -1.92. The van der Waals surface area contributed by atoms with Gasteiger partial charge >= 0.3 is 0 Å². The SMILES string of the molecule is Nc1ccc(CSc2ccc(F)cc2)c2ncccc12. The van der Waals surface area contributed by atoms with Gasteiger partial charge in [0, 0.05) is 27.9 Å². The summed E-state index contributed by atoms with van der Waals surface area (Å²) in [4.78, 5) is 5.45. The van der Waals surface area contributed by atoms with Crippen LogP contribution in [-0.2, 0) is 5.75 Å². The lowest BCUT2D eigenvalue weighted by atomic mass is 10.1. The standard InChI is InChI=1S/C16H13FN2S/c17-12-4-6-13(7-5-12)20-10-11-3-8-15(18)14-2-1-9-19-16(11)14/h1-9H,10,18H2. The van der Waals surface area contributed by atoms with E-state index >= 15 is 0 Å². The van der Waals surface area contributed by atoms with Gasteiger partial charge in [0.1, 0.15) is 5.82 Å². The molecule has 1 aromatic heterocycles. The van der Waals surface area contributed by atoms with E-state index in [-0.39, 0.29) is 5.82 Å². The first kappa shape index (κ1) is 12.9. The third-order valence-corrected chi connectivity index (χ3v) is 4.16. The van der Waals surface area contributed by atoms with Crippen molar-refractivity contribution in [2.45, 2.75) is 10.6 Å². The fourth-order valence-electron chi connectivity index (χ4n) is 2.06. The summed E-state index contributed by atoms with van der Waals surface area (Å²) in [5, 5.41) is 0.977. The van der Waals surface area contributed by atoms with Gasteiger partial charge in [-0.05, 0) is 48.0 Å². The monoisotopic (exact) mass is 284 g/mol. The zero-order chi connectivity index (χ0) is 13.9. The Bertz CT molecular complexity index is 741. The number of fused-ring (bicyclic) bond motifs is 1. The summed E-state index contributed by atoms with van der Waals surface area (Å²) in [5.41, 5.74) is 8.76. The summed E-state index contributed by atoms with van der Waals surface area (Å²) in [6.07, 6.45) is 1.77. The average Bonchev–Trinajstić information content (AvgIpc) is 2.49. The fourth-order valence-corrected chi connectivity index (χ4v) is 2.95. The van der Waals surface area contributed by atoms with Crippen molar-refractivity contribution in [3.63, 3.8) is 0 Å². The zero-order valence-corrected chi connectivity index (χ0v) is 11.5. The van der Waals surface area contributed by atoms with E-state index in [1.54, 1.807) is 30.1 Å². The molecule has 3 aromatic rings. The largest absolute Gasteiger partial charge is 0.398 e. The first-order valence-corrected chi connectivity index (χ1v) is 7.23. The molecule has 0 fully saturated rings. The summed E-state index contributed by atoms with van der Waals surface area (Å²) in [6.45, 7) is 0. The van der Waals surface area contributed by atoms with Gasteiger partial charge < -0.3 is 5.73 Å². The second-order valence-electron chi connectivity index (χ2n) is 4.46. The Morgan fingerprint density at radius 3 is 2.65 bits per heavy atom. The Morgan fingerprint density at radius 2 is 1.85 bits per heavy atom. The number of benzene rings is 2. The predicted molar refractivity (Wildman–Crippen MR) is 82.1 cm³/mol. The summed E-state index contributed by atoms with van der Waals surface area (Å²) >= 11 is 1.66. The highest BCUT2D eigenvalue weighted by Crippen LogP contribution is 2.28. The van der Waals surface area contributed by atoms with E-state index in [9.17, 15) is 4.39 Å². The number of thioether (sulfide) groups is 1. The highest BCUT2D eigenvalue weighted by Gasteiger charge is 2.05. The zero-order valence-electron chi connectivity index (χ0n) is 10.7. The number of nitrogens with two attached hydrogens (primary N) is 1. The van der Waals surface area contributed by atoms with Crippen LogP contribution in [-0.4, -0.2) is 4.98 Å². The highest BCUT2D eigenvalue weighted by molar-refractivity contribution is 7.98. The molecule has 0 atom stereocenters. The Morgan fingerprint density at radius 1 is 1.05 bits per heavy atom. The van der Waals surface area contributed by atoms with Gasteiger partial charge in [-0.1, -0.05) is 6.07 Å². The fraction of sp³-hybridized carbons (Fsp3) is 0.0625. The number of anilines is 1. The van der Waals surface area contributed by atoms with Gasteiger partial charge in [0.2, 0.25) is 0 Å². The summed E-state index contributed by atoms with van der Waals surface area (Å²) in [6, 6.07) is 14.3. The Kier molecular flexibility index (Phi) is 3.56. The van der Waals surface area contributed by atoms with Gasteiger partial charge in [-0.3, -0.25) is 4.98 Å². The molecular formula is C16H13FN2S. The second kappa shape index (κ2) is 5.51. The van der Waals surface area contributed by atoms with E-state index < -0.39 is 0 Å². The number of hydrogen-bond acceptors (Lipinski definition) is 3. The molecule has 0 radical (unpaired) electrons. The molecule has 0 aliphatic rings. The molecule has 1 heterocycles. The molecular weight excluding hydrogens is 271 g/mol. The lowest BCUT2D eigenvalue weighted by Gasteiger charge is -2.07. The van der Waals surface area contributed by atoms with Crippen LogP contribution >= 0.6 is 11.8 Å². The summed E-state index contributed by atoms with van der Waals surface area (Å²) in [7, 11) is 0. The quantitative estimate of drug-likeness (QED) is 0.577. The molecule has 0 aliphatic heterocycles. The molecule has 3 rings (SSSR count). The number of pyridine rings is 1. The molecule has 2 aromatic carbocycles. The van der Waals surface area contributed by atoms with E-state index in [0.29, 0.717) is 0 Å². The van der Waals surface area contributed by atoms with Crippen LogP contribution in [0.4, 0.5) is 10.1 Å². The topological polar surface area (TPSA) is 38.9 Å². The lowest BCUT2D eigenvalue weighted by molar-refractivity contribution is 0.626. The Labute approximate surface area is 120 Å². The van der Waals surface area contributed by atoms with E-state index in [1.165, 1.54) is 12.1 Å². The van der Waals surface area contributed by atoms with Crippen LogP contribution in [0.25, 0.3) is 10.9 Å². The molecule has 0 unspecified atom stereocenters. The molecule has 2 N–H and O–H groups in total. The van der Waals surface area contributed by atoms with Crippen LogP contribution in [0.5, 0.6) is 0 Å². The minimum Gasteiger partial charge on any atom is -0.398 e. The molecule has 0 aliphatic carbocycles. The van der Waals surface area contributed by atoms with Crippen LogP contribution in [0.1, 0.15) is 5.56 Å². The average molecular weight is 284 g/mol. The van der Waals surface area contributed by atoms with Gasteiger partial charge in [0.25, 0.3) is 0 Å². The molecule has 0 bridgehead atoms. The molecule has 4 heteroatoms. The van der Waals surface area contributed by atoms with Crippen molar-refractivity contribution < 1.29 is 4.39 Å². The predicted octanol–water partition coefficient (Wildman–Crippen LogP) is 4.25. The van der Waals surface area contributed by atoms with Crippen molar-refractivity contribution in [1.29, 1.82) is 0 Å². The van der Waals surface area contributed by atoms with Gasteiger partial charge in [0.15, 0.2) is 0 Å². The van der Waals surface area contributed by atoms with Gasteiger partial charge in [0.05, 0.1) is 5.52 Å². The number of nitrogens with zero attached hydrogens (tertiary/aromatic N) is 1. The number of halogens is 1. The summed E-state index contributed by atoms with van der Waals surface area (Å²) < 4.78 is 12.9. The Balaban J connectivity index is 1.88. The van der Waals surface area contributed by atoms with Crippen molar-refractivity contribution in [3.05, 3.63) is 66.1 Å². The van der Waals surface area contributed by atoms with Crippen molar-refractivity contribution in [2.75, 3.05) is 5.73 Å². The number of rotatable bonds is 3. The molecule has 0 amide bonds. The van der Waals surface area contributed by atoms with Crippen molar-refractivity contribution in [2.24, 2.45) is 0 Å². The van der Waals surface area contributed by atoms with Crippen molar-refractivity contribution in [1.82, 2.24) is 4.98 Å². The first-order chi connectivity index (χ1) is 9.74. The van der Waals surface area contributed by atoms with E-state index in [0.717, 1.165) is 32.8 Å². The molecule has 0 spiro atoms. The highest BCUT2D eigenvalue weighted by atomic mass is 32.2. The maximum atomic E-state index is 12.9. The van der Waals surface area contributed by atoms with Gasteiger partial charge in [-0.15, -0.1) is 11.8 Å². The van der Waals surface area contributed by atoms with Crippen LogP contribution in [0, 0.1) is 5.82 Å². The third kappa shape index (κ3) is 2.60. The third-order valence-electron chi connectivity index (χ3n) is 3.09. The van der Waals surface area contributed by atoms with Gasteiger partial charge in [-0.2, -0.15) is 0 Å². The van der Waals surface area contributed by atoms with E-state index in [4.69, 9.17) is 5.73 Å². The number of nitrogen functional groups attached to an aromatic ring is 1. The van der Waals surface area contributed by atoms with Crippen molar-refractivity contribution >= 4 is 28.4 Å². The summed E-state index contributed by atoms with van der Waals surface area (Å²) in [5.74, 6) is 0.563. The van der Waals surface area contributed by atoms with Crippen LogP contribution in [0.3, 0.4) is 0 Å². The minimum absolute atomic E-state index is 0.214. The maximum absolute atomic E-state index is 12.9. The Hall–Kier alpha value is -2.07.